The average Bonchev–Trinajstić information content (AvgIpc) is 3.21. The highest BCUT2D eigenvalue weighted by Crippen LogP contribution is 2.26. The fraction of sp³-hybridized carbons (Fsp3) is 0.350. The van der Waals surface area contributed by atoms with E-state index in [1.54, 1.807) is 6.07 Å². The molecule has 1 unspecified atom stereocenters. The summed E-state index contributed by atoms with van der Waals surface area (Å²) in [5, 5.41) is 10.6. The van der Waals surface area contributed by atoms with Crippen LogP contribution in [0.2, 0.25) is 0 Å². The number of benzene rings is 1. The molecule has 8 nitrogen and oxygen atoms in total. The fourth-order valence-corrected chi connectivity index (χ4v) is 2.56. The van der Waals surface area contributed by atoms with Gasteiger partial charge in [-0.2, -0.15) is 0 Å². The number of amides is 1. The second kappa shape index (κ2) is 10.6. The standard InChI is InChI=1S/C18H18F3N5O3.C2H6/c1-2-15-24-16(29-25-15)9-23-17(27)26-10-12(5-8-14(26)22)11-3-6-13(7-4-11)28-18(19,20)21;1-2/h3-8,10,16,22H,2,9H2,1H3,(H,23,27)(H,24,25);1-2H3. The maximum Gasteiger partial charge on any atom is 0.573 e. The lowest BCUT2D eigenvalue weighted by molar-refractivity contribution is -0.274. The van der Waals surface area contributed by atoms with Crippen LogP contribution in [0.3, 0.4) is 0 Å². The molecule has 0 bridgehead atoms. The molecule has 1 aromatic carbocycles. The summed E-state index contributed by atoms with van der Waals surface area (Å²) in [5.74, 6) is 0.333. The minimum absolute atomic E-state index is 0.0634. The molecule has 168 valence electrons. The van der Waals surface area contributed by atoms with Crippen LogP contribution in [0.4, 0.5) is 18.0 Å². The average molecular weight is 439 g/mol. The van der Waals surface area contributed by atoms with E-state index in [1.807, 2.05) is 20.8 Å². The van der Waals surface area contributed by atoms with Crippen LogP contribution in [-0.4, -0.2) is 35.6 Å². The Kier molecular flexibility index (Phi) is 8.20. The predicted octanol–water partition coefficient (Wildman–Crippen LogP) is 3.79. The Morgan fingerprint density at radius 1 is 1.23 bits per heavy atom. The van der Waals surface area contributed by atoms with Gasteiger partial charge in [-0.05, 0) is 35.4 Å². The van der Waals surface area contributed by atoms with Crippen molar-refractivity contribution in [2.75, 3.05) is 6.54 Å². The first kappa shape index (κ1) is 23.9. The van der Waals surface area contributed by atoms with Crippen LogP contribution in [0.5, 0.6) is 5.75 Å². The van der Waals surface area contributed by atoms with E-state index >= 15 is 0 Å². The number of alkyl halides is 3. The van der Waals surface area contributed by atoms with Crippen LogP contribution < -0.4 is 21.0 Å². The zero-order valence-corrected chi connectivity index (χ0v) is 17.3. The number of hydrogen-bond acceptors (Lipinski definition) is 6. The van der Waals surface area contributed by atoms with Crippen molar-refractivity contribution in [3.8, 4) is 16.9 Å². The zero-order chi connectivity index (χ0) is 23.0. The van der Waals surface area contributed by atoms with E-state index in [-0.39, 0.29) is 17.8 Å². The summed E-state index contributed by atoms with van der Waals surface area (Å²) in [6.45, 7) is 6.02. The maximum atomic E-state index is 12.4. The second-order valence-electron chi connectivity index (χ2n) is 6.04. The molecule has 0 saturated heterocycles. The Morgan fingerprint density at radius 3 is 2.45 bits per heavy atom. The minimum atomic E-state index is -4.77. The van der Waals surface area contributed by atoms with E-state index in [0.717, 1.165) is 4.57 Å². The summed E-state index contributed by atoms with van der Waals surface area (Å²) in [7, 11) is 0. The molecular formula is C20H24F3N5O3. The molecule has 3 rings (SSSR count). The molecular weight excluding hydrogens is 415 g/mol. The third-order valence-corrected chi connectivity index (χ3v) is 3.96. The molecule has 1 atom stereocenters. The summed E-state index contributed by atoms with van der Waals surface area (Å²) >= 11 is 0. The summed E-state index contributed by atoms with van der Waals surface area (Å²) in [6, 6.07) is 7.66. The molecule has 1 amide bonds. The van der Waals surface area contributed by atoms with Crippen molar-refractivity contribution in [2.24, 2.45) is 4.99 Å². The van der Waals surface area contributed by atoms with Crippen molar-refractivity contribution < 1.29 is 27.5 Å². The van der Waals surface area contributed by atoms with Crippen molar-refractivity contribution in [3.05, 3.63) is 48.1 Å². The van der Waals surface area contributed by atoms with E-state index in [1.165, 1.54) is 36.5 Å². The van der Waals surface area contributed by atoms with E-state index in [0.29, 0.717) is 23.4 Å². The number of amidine groups is 1. The third-order valence-electron chi connectivity index (χ3n) is 3.96. The van der Waals surface area contributed by atoms with Crippen molar-refractivity contribution >= 4 is 11.9 Å². The van der Waals surface area contributed by atoms with Crippen LogP contribution in [-0.2, 0) is 4.84 Å². The van der Waals surface area contributed by atoms with Crippen molar-refractivity contribution in [1.29, 1.82) is 5.41 Å². The van der Waals surface area contributed by atoms with Crippen LogP contribution >= 0.6 is 0 Å². The molecule has 1 aromatic heterocycles. The van der Waals surface area contributed by atoms with Crippen LogP contribution in [0, 0.1) is 5.41 Å². The van der Waals surface area contributed by atoms with Gasteiger partial charge in [0.1, 0.15) is 17.1 Å². The molecule has 1 aliphatic rings. The first-order chi connectivity index (χ1) is 14.7. The first-order valence-corrected chi connectivity index (χ1v) is 9.65. The number of pyridine rings is 1. The lowest BCUT2D eigenvalue weighted by Gasteiger charge is -2.12. The second-order valence-corrected chi connectivity index (χ2v) is 6.04. The van der Waals surface area contributed by atoms with Gasteiger partial charge in [0.2, 0.25) is 0 Å². The topological polar surface area (TPSA) is 101 Å². The van der Waals surface area contributed by atoms with Gasteiger partial charge in [-0.25, -0.2) is 14.6 Å². The smallest absolute Gasteiger partial charge is 0.406 e. The Bertz CT molecular complexity index is 971. The number of rotatable bonds is 5. The highest BCUT2D eigenvalue weighted by molar-refractivity contribution is 5.82. The quantitative estimate of drug-likeness (QED) is 0.660. The summed E-state index contributed by atoms with van der Waals surface area (Å²) in [6.07, 6.45) is -3.24. The van der Waals surface area contributed by atoms with Gasteiger partial charge in [-0.1, -0.05) is 32.9 Å². The molecule has 2 aromatic rings. The molecule has 3 N–H and O–H groups in total. The van der Waals surface area contributed by atoms with Crippen LogP contribution in [0.25, 0.3) is 11.1 Å². The van der Waals surface area contributed by atoms with Crippen molar-refractivity contribution in [2.45, 2.75) is 39.8 Å². The molecule has 1 aliphatic heterocycles. The van der Waals surface area contributed by atoms with Gasteiger partial charge in [-0.15, -0.1) is 13.2 Å². The Labute approximate surface area is 177 Å². The lowest BCUT2D eigenvalue weighted by Crippen LogP contribution is -2.39. The SMILES string of the molecule is CC.CCC1=NC(CNC(=O)n2cc(-c3ccc(OC(F)(F)F)cc3)ccc2=N)ON1. The Balaban J connectivity index is 0.00000166. The van der Waals surface area contributed by atoms with E-state index in [9.17, 15) is 18.0 Å². The van der Waals surface area contributed by atoms with Gasteiger partial charge in [-0.3, -0.25) is 15.5 Å². The maximum absolute atomic E-state index is 12.4. The largest absolute Gasteiger partial charge is 0.573 e. The summed E-state index contributed by atoms with van der Waals surface area (Å²) in [5.41, 5.74) is 3.69. The van der Waals surface area contributed by atoms with Crippen LogP contribution in [0.1, 0.15) is 27.2 Å². The highest BCUT2D eigenvalue weighted by atomic mass is 19.4. The van der Waals surface area contributed by atoms with E-state index in [2.05, 4.69) is 20.5 Å². The van der Waals surface area contributed by atoms with Gasteiger partial charge < -0.3 is 10.1 Å². The molecule has 0 saturated carbocycles. The van der Waals surface area contributed by atoms with Crippen LogP contribution in [0.15, 0.2) is 47.6 Å². The number of hydrogen-bond donors (Lipinski definition) is 3. The molecule has 0 aliphatic carbocycles. The number of nitrogens with zero attached hydrogens (tertiary/aromatic N) is 2. The first-order valence-electron chi connectivity index (χ1n) is 9.65. The molecule has 0 spiro atoms. The van der Waals surface area contributed by atoms with Gasteiger partial charge in [0.15, 0.2) is 6.23 Å². The molecule has 2 heterocycles. The molecule has 0 radical (unpaired) electrons. The van der Waals surface area contributed by atoms with Gasteiger partial charge in [0.05, 0.1) is 6.54 Å². The predicted molar refractivity (Wildman–Crippen MR) is 108 cm³/mol. The minimum Gasteiger partial charge on any atom is -0.406 e. The number of ether oxygens (including phenoxy) is 1. The zero-order valence-electron chi connectivity index (χ0n) is 17.3. The number of carbonyl (C=O) groups is 1. The summed E-state index contributed by atoms with van der Waals surface area (Å²) in [4.78, 5) is 21.8. The molecule has 31 heavy (non-hydrogen) atoms. The number of nitrogens with one attached hydrogen (secondary N) is 3. The number of hydroxylamine groups is 1. The Morgan fingerprint density at radius 2 is 1.87 bits per heavy atom. The Hall–Kier alpha value is -3.34. The van der Waals surface area contributed by atoms with Gasteiger partial charge >= 0.3 is 12.4 Å². The monoisotopic (exact) mass is 439 g/mol. The fourth-order valence-electron chi connectivity index (χ4n) is 2.56. The van der Waals surface area contributed by atoms with Crippen molar-refractivity contribution in [3.63, 3.8) is 0 Å². The highest BCUT2D eigenvalue weighted by Gasteiger charge is 2.31. The lowest BCUT2D eigenvalue weighted by atomic mass is 10.1. The van der Waals surface area contributed by atoms with E-state index in [4.69, 9.17) is 10.2 Å². The number of aliphatic imine (C=N–C) groups is 1. The number of carbonyl (C=O) groups excluding carboxylic acids is 1. The number of aromatic nitrogens is 1. The number of halogens is 3. The van der Waals surface area contributed by atoms with Gasteiger partial charge in [0.25, 0.3) is 0 Å². The normalized spacial score (nSPS) is 15.3. The molecule has 0 fully saturated rings. The third kappa shape index (κ3) is 6.85. The van der Waals surface area contributed by atoms with E-state index < -0.39 is 18.6 Å². The summed E-state index contributed by atoms with van der Waals surface area (Å²) < 4.78 is 41.7. The van der Waals surface area contributed by atoms with Gasteiger partial charge in [0, 0.05) is 12.6 Å². The van der Waals surface area contributed by atoms with Crippen molar-refractivity contribution in [1.82, 2.24) is 15.4 Å². The molecule has 11 heteroatoms.